The third-order valence-electron chi connectivity index (χ3n) is 2.75. The lowest BCUT2D eigenvalue weighted by Gasteiger charge is -2.23. The number of esters is 1. The van der Waals surface area contributed by atoms with Crippen LogP contribution in [0.5, 0.6) is 0 Å². The van der Waals surface area contributed by atoms with Crippen molar-refractivity contribution in [3.63, 3.8) is 0 Å². The Morgan fingerprint density at radius 3 is 2.88 bits per heavy atom. The predicted octanol–water partition coefficient (Wildman–Crippen LogP) is 3.20. The lowest BCUT2D eigenvalue weighted by atomic mass is 9.98. The average molecular weight is 230 g/mol. The van der Waals surface area contributed by atoms with E-state index in [-0.39, 0.29) is 12.1 Å². The Hall–Kier alpha value is -1.61. The van der Waals surface area contributed by atoms with Crippen LogP contribution in [0.2, 0.25) is 0 Å². The monoisotopic (exact) mass is 230 g/mol. The van der Waals surface area contributed by atoms with E-state index in [0.29, 0.717) is 5.56 Å². The van der Waals surface area contributed by atoms with Gasteiger partial charge in [-0.25, -0.2) is 4.79 Å². The summed E-state index contributed by atoms with van der Waals surface area (Å²) in [7, 11) is 0. The van der Waals surface area contributed by atoms with Gasteiger partial charge in [0.25, 0.3) is 0 Å². The molecule has 16 heavy (non-hydrogen) atoms. The van der Waals surface area contributed by atoms with Gasteiger partial charge in [0.15, 0.2) is 0 Å². The Bertz CT molecular complexity index is 516. The summed E-state index contributed by atoms with van der Waals surface area (Å²) in [5.41, 5.74) is 1.78. The summed E-state index contributed by atoms with van der Waals surface area (Å²) in [5.74, 6) is -0.208. The molecule has 2 nitrogen and oxygen atoms in total. The quantitative estimate of drug-likeness (QED) is 0.703. The standard InChI is InChI=1S/C13H10O2S/c14-13-10-5-2-1-4-9(10)8-11(15-13)12-6-3-7-16-12/h1-7,11H,8H2/t11-/m0/s1. The van der Waals surface area contributed by atoms with Gasteiger partial charge in [-0.15, -0.1) is 11.3 Å². The first-order chi connectivity index (χ1) is 7.84. The third-order valence-corrected chi connectivity index (χ3v) is 3.72. The fourth-order valence-corrected chi connectivity index (χ4v) is 2.72. The topological polar surface area (TPSA) is 26.3 Å². The summed E-state index contributed by atoms with van der Waals surface area (Å²) >= 11 is 1.63. The molecule has 3 heteroatoms. The van der Waals surface area contributed by atoms with E-state index in [1.165, 1.54) is 0 Å². The molecule has 0 radical (unpaired) electrons. The van der Waals surface area contributed by atoms with Gasteiger partial charge in [-0.05, 0) is 23.1 Å². The number of cyclic esters (lactones) is 1. The third kappa shape index (κ3) is 1.53. The Balaban J connectivity index is 1.98. The van der Waals surface area contributed by atoms with Gasteiger partial charge in [-0.2, -0.15) is 0 Å². The van der Waals surface area contributed by atoms with Gasteiger partial charge in [0, 0.05) is 11.3 Å². The van der Waals surface area contributed by atoms with Gasteiger partial charge in [0.05, 0.1) is 5.56 Å². The Kier molecular flexibility index (Phi) is 2.26. The molecule has 1 aliphatic heterocycles. The van der Waals surface area contributed by atoms with E-state index in [0.717, 1.165) is 16.9 Å². The van der Waals surface area contributed by atoms with Crippen molar-refractivity contribution in [3.05, 3.63) is 57.8 Å². The van der Waals surface area contributed by atoms with Crippen LogP contribution in [0.1, 0.15) is 26.9 Å². The molecule has 0 aliphatic carbocycles. The van der Waals surface area contributed by atoms with Crippen LogP contribution in [0.3, 0.4) is 0 Å². The molecule has 1 atom stereocenters. The highest BCUT2D eigenvalue weighted by atomic mass is 32.1. The molecule has 0 saturated carbocycles. The zero-order chi connectivity index (χ0) is 11.0. The largest absolute Gasteiger partial charge is 0.453 e. The highest BCUT2D eigenvalue weighted by Crippen LogP contribution is 2.32. The van der Waals surface area contributed by atoms with Crippen molar-refractivity contribution >= 4 is 17.3 Å². The van der Waals surface area contributed by atoms with Crippen molar-refractivity contribution in [1.82, 2.24) is 0 Å². The van der Waals surface area contributed by atoms with Crippen LogP contribution in [0.4, 0.5) is 0 Å². The minimum absolute atomic E-state index is 0.109. The van der Waals surface area contributed by atoms with Crippen molar-refractivity contribution in [2.75, 3.05) is 0 Å². The summed E-state index contributed by atoms with van der Waals surface area (Å²) in [4.78, 5) is 12.9. The van der Waals surface area contributed by atoms with Gasteiger partial charge in [-0.1, -0.05) is 24.3 Å². The van der Waals surface area contributed by atoms with Crippen molar-refractivity contribution in [2.45, 2.75) is 12.5 Å². The molecule has 0 fully saturated rings. The van der Waals surface area contributed by atoms with Gasteiger partial charge in [0.1, 0.15) is 6.10 Å². The van der Waals surface area contributed by atoms with Crippen molar-refractivity contribution in [3.8, 4) is 0 Å². The summed E-state index contributed by atoms with van der Waals surface area (Å²) in [6.45, 7) is 0. The fourth-order valence-electron chi connectivity index (χ4n) is 1.96. The highest BCUT2D eigenvalue weighted by molar-refractivity contribution is 7.10. The molecule has 0 N–H and O–H groups in total. The smallest absolute Gasteiger partial charge is 0.339 e. The van der Waals surface area contributed by atoms with Crippen LogP contribution in [0.25, 0.3) is 0 Å². The second-order valence-electron chi connectivity index (χ2n) is 3.77. The summed E-state index contributed by atoms with van der Waals surface area (Å²) < 4.78 is 5.43. The summed E-state index contributed by atoms with van der Waals surface area (Å²) in [6.07, 6.45) is 0.671. The Morgan fingerprint density at radius 2 is 2.06 bits per heavy atom. The maximum absolute atomic E-state index is 11.8. The van der Waals surface area contributed by atoms with Crippen molar-refractivity contribution in [2.24, 2.45) is 0 Å². The van der Waals surface area contributed by atoms with E-state index in [9.17, 15) is 4.79 Å². The van der Waals surface area contributed by atoms with E-state index in [1.807, 2.05) is 41.8 Å². The maximum Gasteiger partial charge on any atom is 0.339 e. The molecular weight excluding hydrogens is 220 g/mol. The lowest BCUT2D eigenvalue weighted by Crippen LogP contribution is -2.20. The Morgan fingerprint density at radius 1 is 1.19 bits per heavy atom. The number of carbonyl (C=O) groups is 1. The molecule has 0 amide bonds. The van der Waals surface area contributed by atoms with Crippen molar-refractivity contribution in [1.29, 1.82) is 0 Å². The summed E-state index contributed by atoms with van der Waals surface area (Å²) in [6, 6.07) is 11.6. The Labute approximate surface area is 97.5 Å². The number of benzene rings is 1. The van der Waals surface area contributed by atoms with Crippen LogP contribution >= 0.6 is 11.3 Å². The zero-order valence-electron chi connectivity index (χ0n) is 8.55. The minimum Gasteiger partial charge on any atom is -0.453 e. The van der Waals surface area contributed by atoms with E-state index in [4.69, 9.17) is 4.74 Å². The normalized spacial score (nSPS) is 19.0. The van der Waals surface area contributed by atoms with Gasteiger partial charge in [-0.3, -0.25) is 0 Å². The van der Waals surface area contributed by atoms with Gasteiger partial charge < -0.3 is 4.74 Å². The van der Waals surface area contributed by atoms with E-state index in [2.05, 4.69) is 0 Å². The first kappa shape index (κ1) is 9.60. The number of fused-ring (bicyclic) bond motifs is 1. The molecule has 0 saturated heterocycles. The number of rotatable bonds is 1. The molecule has 2 heterocycles. The average Bonchev–Trinajstić information content (AvgIpc) is 2.82. The molecule has 0 spiro atoms. The second kappa shape index (κ2) is 3.76. The molecule has 0 bridgehead atoms. The van der Waals surface area contributed by atoms with Crippen LogP contribution in [0.15, 0.2) is 41.8 Å². The van der Waals surface area contributed by atoms with Crippen LogP contribution in [-0.4, -0.2) is 5.97 Å². The minimum atomic E-state index is -0.208. The molecule has 80 valence electrons. The molecule has 0 unspecified atom stereocenters. The first-order valence-electron chi connectivity index (χ1n) is 5.17. The van der Waals surface area contributed by atoms with E-state index in [1.54, 1.807) is 11.3 Å². The second-order valence-corrected chi connectivity index (χ2v) is 4.75. The number of hydrogen-bond acceptors (Lipinski definition) is 3. The highest BCUT2D eigenvalue weighted by Gasteiger charge is 2.27. The number of hydrogen-bond donors (Lipinski definition) is 0. The van der Waals surface area contributed by atoms with Crippen LogP contribution in [0, 0.1) is 0 Å². The lowest BCUT2D eigenvalue weighted by molar-refractivity contribution is 0.0261. The fraction of sp³-hybridized carbons (Fsp3) is 0.154. The molecular formula is C13H10O2S. The predicted molar refractivity (Wildman–Crippen MR) is 62.6 cm³/mol. The molecule has 1 aliphatic rings. The molecule has 1 aromatic carbocycles. The van der Waals surface area contributed by atoms with E-state index >= 15 is 0 Å². The van der Waals surface area contributed by atoms with Crippen molar-refractivity contribution < 1.29 is 9.53 Å². The summed E-state index contributed by atoms with van der Waals surface area (Å²) in [5, 5.41) is 2.00. The molecule has 2 aromatic rings. The number of carbonyl (C=O) groups excluding carboxylic acids is 1. The van der Waals surface area contributed by atoms with E-state index < -0.39 is 0 Å². The maximum atomic E-state index is 11.8. The molecule has 1 aromatic heterocycles. The first-order valence-corrected chi connectivity index (χ1v) is 6.05. The number of thiophene rings is 1. The van der Waals surface area contributed by atoms with Gasteiger partial charge >= 0.3 is 5.97 Å². The number of ether oxygens (including phenoxy) is 1. The van der Waals surface area contributed by atoms with Gasteiger partial charge in [0.2, 0.25) is 0 Å². The SMILES string of the molecule is O=C1O[C@H](c2cccs2)Cc2ccccc21. The van der Waals surface area contributed by atoms with Crippen LogP contribution in [-0.2, 0) is 11.2 Å². The van der Waals surface area contributed by atoms with Crippen LogP contribution < -0.4 is 0 Å². The zero-order valence-corrected chi connectivity index (χ0v) is 9.37. The molecule has 3 rings (SSSR count).